The molecule has 0 fully saturated rings. The van der Waals surface area contributed by atoms with Crippen LogP contribution in [0.25, 0.3) is 0 Å². The highest BCUT2D eigenvalue weighted by Crippen LogP contribution is 2.10. The van der Waals surface area contributed by atoms with Gasteiger partial charge in [0, 0.05) is 21.3 Å². The van der Waals surface area contributed by atoms with Crippen LogP contribution in [0.5, 0.6) is 0 Å². The molecule has 24 heavy (non-hydrogen) atoms. The summed E-state index contributed by atoms with van der Waals surface area (Å²) in [6.45, 7) is 12.7. The van der Waals surface area contributed by atoms with E-state index in [1.165, 1.54) is 7.11 Å². The van der Waals surface area contributed by atoms with Crippen molar-refractivity contribution < 1.29 is 17.2 Å². The Kier molecular flexibility index (Phi) is 10.5. The van der Waals surface area contributed by atoms with Crippen molar-refractivity contribution in [3.05, 3.63) is 17.7 Å². The van der Waals surface area contributed by atoms with E-state index in [9.17, 15) is 9.59 Å². The Balaban J connectivity index is -0.00000127. The molecule has 0 radical (unpaired) electrons. The van der Waals surface area contributed by atoms with Gasteiger partial charge >= 0.3 is 6.09 Å². The number of aromatic nitrogens is 2. The van der Waals surface area contributed by atoms with Crippen molar-refractivity contribution in [2.24, 2.45) is 5.92 Å². The monoisotopic (exact) mass is 344 g/mol. The lowest BCUT2D eigenvalue weighted by atomic mass is 10.0. The summed E-state index contributed by atoms with van der Waals surface area (Å²) in [5, 5.41) is 2.61. The van der Waals surface area contributed by atoms with Crippen LogP contribution in [0.1, 0.15) is 55.4 Å². The van der Waals surface area contributed by atoms with Gasteiger partial charge in [0.2, 0.25) is 5.91 Å². The molecule has 0 aliphatic rings. The maximum Gasteiger partial charge on any atom is 0.407 e. The van der Waals surface area contributed by atoms with Crippen LogP contribution in [-0.2, 0) is 16.1 Å². The van der Waals surface area contributed by atoms with Crippen LogP contribution in [0, 0.1) is 12.8 Å². The van der Waals surface area contributed by atoms with Gasteiger partial charge in [-0.25, -0.2) is 9.78 Å². The first-order chi connectivity index (χ1) is 11.4. The fraction of sp³-hybridized carbons (Fsp3) is 0.706. The molecule has 0 spiro atoms. The molecule has 0 aliphatic heterocycles. The van der Waals surface area contributed by atoms with Gasteiger partial charge in [0.25, 0.3) is 0 Å². The van der Waals surface area contributed by atoms with Gasteiger partial charge < -0.3 is 19.9 Å². The number of aryl methyl sites for hydroxylation is 1. The Morgan fingerprint density at radius 3 is 2.46 bits per heavy atom. The number of H-pyrrole nitrogens is 1. The Bertz CT molecular complexity index is 510. The summed E-state index contributed by atoms with van der Waals surface area (Å²) in [5.41, 5.74) is 0.951. The number of ether oxygens (including phenoxy) is 1. The molecule has 142 valence electrons. The number of imidazole rings is 1. The topological polar surface area (TPSA) is 87.3 Å². The van der Waals surface area contributed by atoms with E-state index in [2.05, 4.69) is 20.0 Å². The second-order valence-corrected chi connectivity index (χ2v) is 5.63. The first-order valence-electron chi connectivity index (χ1n) is 8.52. The van der Waals surface area contributed by atoms with Crippen LogP contribution in [0.4, 0.5) is 4.79 Å². The van der Waals surface area contributed by atoms with E-state index in [0.717, 1.165) is 17.9 Å². The van der Waals surface area contributed by atoms with E-state index in [4.69, 9.17) is 0 Å². The first-order valence-corrected chi connectivity index (χ1v) is 8.52. The van der Waals surface area contributed by atoms with Crippen LogP contribution >= 0.6 is 0 Å². The first kappa shape index (κ1) is 21.9. The van der Waals surface area contributed by atoms with Gasteiger partial charge in [-0.3, -0.25) is 4.79 Å². The van der Waals surface area contributed by atoms with Crippen LogP contribution < -0.4 is 5.32 Å². The Hall–Kier alpha value is -2.05. The number of nitrogens with one attached hydrogen (secondary N) is 2. The number of rotatable bonds is 7. The molecule has 7 nitrogen and oxygen atoms in total. The third kappa shape index (κ3) is 7.02. The summed E-state index contributed by atoms with van der Waals surface area (Å²) in [4.78, 5) is 33.3. The molecule has 1 aromatic heterocycles. The number of nitrogens with zero attached hydrogens (tertiary/aromatic N) is 2. The molecule has 0 saturated heterocycles. The molecule has 1 heterocycles. The Morgan fingerprint density at radius 2 is 2.04 bits per heavy atom. The highest BCUT2D eigenvalue weighted by molar-refractivity contribution is 5.85. The SMILES string of the molecule is CC.CCCN(Cc1ncc(C)[nH]1)C(=O)[C@@H](NC(=O)OC)C(C)C.[HH].[HH]. The lowest BCUT2D eigenvalue weighted by molar-refractivity contribution is -0.135. The molecule has 7 heteroatoms. The molecule has 2 amide bonds. The largest absolute Gasteiger partial charge is 0.453 e. The van der Waals surface area contributed by atoms with E-state index >= 15 is 0 Å². The highest BCUT2D eigenvalue weighted by Gasteiger charge is 2.29. The Morgan fingerprint density at radius 1 is 1.42 bits per heavy atom. The molecule has 0 saturated carbocycles. The normalized spacial score (nSPS) is 11.3. The van der Waals surface area contributed by atoms with E-state index in [0.29, 0.717) is 13.1 Å². The van der Waals surface area contributed by atoms with Crippen LogP contribution in [0.2, 0.25) is 0 Å². The molecule has 0 aromatic carbocycles. The van der Waals surface area contributed by atoms with Crippen molar-refractivity contribution in [3.63, 3.8) is 0 Å². The molecule has 1 atom stereocenters. The lowest BCUT2D eigenvalue weighted by Crippen LogP contribution is -2.51. The van der Waals surface area contributed by atoms with E-state index in [1.54, 1.807) is 11.1 Å². The van der Waals surface area contributed by atoms with E-state index in [-0.39, 0.29) is 14.7 Å². The number of hydrogen-bond donors (Lipinski definition) is 2. The minimum atomic E-state index is -0.616. The molecule has 0 aliphatic carbocycles. The average Bonchev–Trinajstić information content (AvgIpc) is 2.98. The second kappa shape index (κ2) is 11.5. The molecule has 1 rings (SSSR count). The van der Waals surface area contributed by atoms with Gasteiger partial charge in [-0.05, 0) is 19.3 Å². The van der Waals surface area contributed by atoms with Crippen molar-refractivity contribution in [2.45, 2.75) is 60.5 Å². The Labute approximate surface area is 148 Å². The summed E-state index contributed by atoms with van der Waals surface area (Å²) in [7, 11) is 1.28. The molecule has 2 N–H and O–H groups in total. The van der Waals surface area contributed by atoms with E-state index in [1.807, 2.05) is 41.5 Å². The quantitative estimate of drug-likeness (QED) is 0.794. The second-order valence-electron chi connectivity index (χ2n) is 5.63. The number of carbonyl (C=O) groups excluding carboxylic acids is 2. The molecular formula is C17H36N4O3. The summed E-state index contributed by atoms with van der Waals surface area (Å²) < 4.78 is 4.60. The van der Waals surface area contributed by atoms with Gasteiger partial charge in [-0.2, -0.15) is 0 Å². The number of methoxy groups -OCH3 is 1. The highest BCUT2D eigenvalue weighted by atomic mass is 16.5. The van der Waals surface area contributed by atoms with Crippen LogP contribution in [0.3, 0.4) is 0 Å². The fourth-order valence-electron chi connectivity index (χ4n) is 2.16. The molecule has 0 bridgehead atoms. The van der Waals surface area contributed by atoms with Gasteiger partial charge in [-0.1, -0.05) is 34.6 Å². The molecular weight excluding hydrogens is 308 g/mol. The average molecular weight is 345 g/mol. The van der Waals surface area contributed by atoms with Crippen molar-refractivity contribution in [3.8, 4) is 0 Å². The third-order valence-corrected chi connectivity index (χ3v) is 3.29. The zero-order valence-corrected chi connectivity index (χ0v) is 16.0. The third-order valence-electron chi connectivity index (χ3n) is 3.29. The zero-order valence-electron chi connectivity index (χ0n) is 16.0. The number of alkyl carbamates (subject to hydrolysis) is 1. The van der Waals surface area contributed by atoms with Gasteiger partial charge in [0.1, 0.15) is 11.9 Å². The minimum absolute atomic E-state index is 0. The van der Waals surface area contributed by atoms with Gasteiger partial charge in [0.05, 0.1) is 13.7 Å². The standard InChI is InChI=1S/C15H26N4O3.C2H6.2H2/c1-6-7-19(9-12-16-8-11(4)17-12)14(20)13(10(2)3)18-15(21)22-5;1-2;;/h8,10,13H,6-7,9H2,1-5H3,(H,16,17)(H,18,21);1-2H3;2*1H/t13-;;;/m0.../s1. The summed E-state index contributed by atoms with van der Waals surface area (Å²) in [6, 6.07) is -0.616. The van der Waals surface area contributed by atoms with Crippen LogP contribution in [-0.4, -0.2) is 46.6 Å². The molecule has 0 unspecified atom stereocenters. The number of hydrogen-bond acceptors (Lipinski definition) is 4. The maximum absolute atomic E-state index is 12.8. The lowest BCUT2D eigenvalue weighted by Gasteiger charge is -2.28. The smallest absolute Gasteiger partial charge is 0.407 e. The van der Waals surface area contributed by atoms with Crippen LogP contribution in [0.15, 0.2) is 6.20 Å². The number of aromatic amines is 1. The molecule has 1 aromatic rings. The van der Waals surface area contributed by atoms with Gasteiger partial charge in [-0.15, -0.1) is 0 Å². The van der Waals surface area contributed by atoms with Crippen molar-refractivity contribution in [1.82, 2.24) is 20.2 Å². The number of amides is 2. The van der Waals surface area contributed by atoms with Crippen molar-refractivity contribution in [1.29, 1.82) is 0 Å². The van der Waals surface area contributed by atoms with Gasteiger partial charge in [0.15, 0.2) is 0 Å². The van der Waals surface area contributed by atoms with Crippen molar-refractivity contribution in [2.75, 3.05) is 13.7 Å². The number of carbonyl (C=O) groups is 2. The predicted molar refractivity (Wildman–Crippen MR) is 98.8 cm³/mol. The fourth-order valence-corrected chi connectivity index (χ4v) is 2.16. The summed E-state index contributed by atoms with van der Waals surface area (Å²) in [6.07, 6.45) is 1.96. The minimum Gasteiger partial charge on any atom is -0.453 e. The maximum atomic E-state index is 12.8. The summed E-state index contributed by atoms with van der Waals surface area (Å²) >= 11 is 0. The van der Waals surface area contributed by atoms with Crippen molar-refractivity contribution >= 4 is 12.0 Å². The zero-order chi connectivity index (χ0) is 18.7. The summed E-state index contributed by atoms with van der Waals surface area (Å²) in [5.74, 6) is 0.570. The predicted octanol–water partition coefficient (Wildman–Crippen LogP) is 3.36. The van der Waals surface area contributed by atoms with E-state index < -0.39 is 12.1 Å².